The van der Waals surface area contributed by atoms with E-state index in [9.17, 15) is 19.2 Å². The van der Waals surface area contributed by atoms with Crippen molar-refractivity contribution < 1.29 is 33.8 Å². The molecule has 188 valence electrons. The zero-order valence-corrected chi connectivity index (χ0v) is 21.5. The Morgan fingerprint density at radius 1 is 1.11 bits per heavy atom. The fourth-order valence-corrected chi connectivity index (χ4v) is 4.10. The summed E-state index contributed by atoms with van der Waals surface area (Å²) in [5, 5.41) is 11.5. The van der Waals surface area contributed by atoms with Gasteiger partial charge in [-0.3, -0.25) is 14.9 Å². The molecule has 1 aliphatic heterocycles. The summed E-state index contributed by atoms with van der Waals surface area (Å²) >= 11 is 9.73. The van der Waals surface area contributed by atoms with Crippen LogP contribution in [0.25, 0.3) is 6.08 Å². The lowest BCUT2D eigenvalue weighted by Crippen LogP contribution is -2.54. The normalized spacial score (nSPS) is 14.5. The van der Waals surface area contributed by atoms with Gasteiger partial charge in [-0.2, -0.15) is 0 Å². The molecule has 0 unspecified atom stereocenters. The molecule has 37 heavy (non-hydrogen) atoms. The largest absolute Gasteiger partial charge is 0.493 e. The number of rotatable bonds is 7. The summed E-state index contributed by atoms with van der Waals surface area (Å²) in [4.78, 5) is 50.1. The van der Waals surface area contributed by atoms with Crippen molar-refractivity contribution in [1.82, 2.24) is 5.32 Å². The molecule has 4 rings (SSSR count). The molecule has 1 saturated heterocycles. The van der Waals surface area contributed by atoms with Crippen LogP contribution in [0.4, 0.5) is 10.5 Å². The van der Waals surface area contributed by atoms with Crippen LogP contribution in [0.15, 0.2) is 70.7 Å². The van der Waals surface area contributed by atoms with E-state index < -0.39 is 23.8 Å². The lowest BCUT2D eigenvalue weighted by molar-refractivity contribution is -0.122. The molecule has 3 aromatic carbocycles. The number of carbonyl (C=O) groups is 4. The Hall–Kier alpha value is -4.15. The summed E-state index contributed by atoms with van der Waals surface area (Å²) in [6, 6.07) is 14.8. The Kier molecular flexibility index (Phi) is 7.61. The van der Waals surface area contributed by atoms with Gasteiger partial charge in [0.15, 0.2) is 11.5 Å². The van der Waals surface area contributed by atoms with Crippen molar-refractivity contribution in [2.24, 2.45) is 0 Å². The monoisotopic (exact) mass is 584 g/mol. The summed E-state index contributed by atoms with van der Waals surface area (Å²) in [6.45, 7) is 0.0167. The number of benzene rings is 3. The molecule has 9 nitrogen and oxygen atoms in total. The molecule has 0 saturated carbocycles. The molecule has 1 heterocycles. The minimum absolute atomic E-state index is 0.0167. The molecule has 3 aromatic rings. The van der Waals surface area contributed by atoms with E-state index in [1.54, 1.807) is 36.4 Å². The number of amides is 4. The number of urea groups is 1. The quantitative estimate of drug-likeness (QED) is 0.294. The minimum atomic E-state index is -1.06. The number of anilines is 1. The highest BCUT2D eigenvalue weighted by molar-refractivity contribution is 9.10. The van der Waals surface area contributed by atoms with Crippen LogP contribution in [0.3, 0.4) is 0 Å². The molecular weight excluding hydrogens is 568 g/mol. The average molecular weight is 586 g/mol. The SMILES string of the molecule is COc1cc(/C=C2\C(=O)NC(=O)N(c3ccc(Br)cc3)C2=O)cc(Cl)c1OCc1cccc(C(=O)O)c1. The predicted octanol–water partition coefficient (Wildman–Crippen LogP) is 5.05. The number of methoxy groups -OCH3 is 1. The highest BCUT2D eigenvalue weighted by Crippen LogP contribution is 2.38. The van der Waals surface area contributed by atoms with Gasteiger partial charge in [-0.15, -0.1) is 0 Å². The van der Waals surface area contributed by atoms with Crippen LogP contribution in [0, 0.1) is 0 Å². The summed E-state index contributed by atoms with van der Waals surface area (Å²) in [6.07, 6.45) is 1.30. The van der Waals surface area contributed by atoms with E-state index >= 15 is 0 Å². The number of ether oxygens (including phenoxy) is 2. The summed E-state index contributed by atoms with van der Waals surface area (Å²) < 4.78 is 11.9. The van der Waals surface area contributed by atoms with Crippen LogP contribution in [-0.4, -0.2) is 36.0 Å². The molecule has 0 spiro atoms. The lowest BCUT2D eigenvalue weighted by atomic mass is 10.1. The number of hydrogen-bond acceptors (Lipinski definition) is 6. The number of barbiturate groups is 1. The average Bonchev–Trinajstić information content (AvgIpc) is 2.86. The van der Waals surface area contributed by atoms with Crippen molar-refractivity contribution in [1.29, 1.82) is 0 Å². The van der Waals surface area contributed by atoms with Crippen molar-refractivity contribution in [3.63, 3.8) is 0 Å². The summed E-state index contributed by atoms with van der Waals surface area (Å²) in [7, 11) is 1.40. The Morgan fingerprint density at radius 3 is 2.51 bits per heavy atom. The van der Waals surface area contributed by atoms with E-state index in [1.165, 1.54) is 37.5 Å². The molecule has 11 heteroatoms. The van der Waals surface area contributed by atoms with Gasteiger partial charge in [-0.05, 0) is 65.7 Å². The van der Waals surface area contributed by atoms with Crippen LogP contribution in [0.2, 0.25) is 5.02 Å². The summed E-state index contributed by atoms with van der Waals surface area (Å²) in [5.41, 5.74) is 1.08. The van der Waals surface area contributed by atoms with Gasteiger partial charge in [-0.25, -0.2) is 14.5 Å². The summed E-state index contributed by atoms with van der Waals surface area (Å²) in [5.74, 6) is -2.30. The Morgan fingerprint density at radius 2 is 1.84 bits per heavy atom. The topological polar surface area (TPSA) is 122 Å². The fraction of sp³-hybridized carbons (Fsp3) is 0.0769. The van der Waals surface area contributed by atoms with Gasteiger partial charge in [-0.1, -0.05) is 39.7 Å². The van der Waals surface area contributed by atoms with Gasteiger partial charge in [0.05, 0.1) is 23.4 Å². The van der Waals surface area contributed by atoms with Gasteiger partial charge in [0, 0.05) is 4.47 Å². The van der Waals surface area contributed by atoms with Gasteiger partial charge < -0.3 is 14.6 Å². The maximum absolute atomic E-state index is 13.1. The van der Waals surface area contributed by atoms with E-state index in [1.807, 2.05) is 0 Å². The first-order chi connectivity index (χ1) is 17.7. The standard InChI is InChI=1S/C26H18BrClN2O7/c1-36-21-12-15(11-20(28)22(21)37-13-14-3-2-4-16(9-14)25(33)34)10-19-23(31)29-26(35)30(24(19)32)18-7-5-17(27)6-8-18/h2-12H,13H2,1H3,(H,33,34)(H,29,31,35)/b19-10+. The van der Waals surface area contributed by atoms with Crippen LogP contribution in [-0.2, 0) is 16.2 Å². The number of imide groups is 2. The van der Waals surface area contributed by atoms with E-state index in [0.717, 1.165) is 9.37 Å². The fourth-order valence-electron chi connectivity index (χ4n) is 3.56. The number of halogens is 2. The third-order valence-corrected chi connectivity index (χ3v) is 6.12. The highest BCUT2D eigenvalue weighted by Gasteiger charge is 2.36. The second-order valence-electron chi connectivity index (χ2n) is 7.76. The van der Waals surface area contributed by atoms with E-state index in [4.69, 9.17) is 26.2 Å². The van der Waals surface area contributed by atoms with Crippen molar-refractivity contribution in [3.8, 4) is 11.5 Å². The molecule has 1 fully saturated rings. The van der Waals surface area contributed by atoms with E-state index in [-0.39, 0.29) is 40.0 Å². The first kappa shape index (κ1) is 25.9. The first-order valence-electron chi connectivity index (χ1n) is 10.7. The maximum atomic E-state index is 13.1. The van der Waals surface area contributed by atoms with Gasteiger partial charge in [0.1, 0.15) is 12.2 Å². The molecule has 0 aliphatic carbocycles. The molecule has 0 bridgehead atoms. The van der Waals surface area contributed by atoms with Crippen LogP contribution in [0.5, 0.6) is 11.5 Å². The third kappa shape index (κ3) is 5.65. The molecule has 0 radical (unpaired) electrons. The van der Waals surface area contributed by atoms with Crippen molar-refractivity contribution in [2.75, 3.05) is 12.0 Å². The van der Waals surface area contributed by atoms with Gasteiger partial charge in [0.25, 0.3) is 11.8 Å². The number of carboxylic acids is 1. The van der Waals surface area contributed by atoms with Gasteiger partial charge in [0.2, 0.25) is 0 Å². The molecular formula is C26H18BrClN2O7. The smallest absolute Gasteiger partial charge is 0.335 e. The first-order valence-corrected chi connectivity index (χ1v) is 11.8. The number of carbonyl (C=O) groups excluding carboxylic acids is 3. The second kappa shape index (κ2) is 10.9. The Labute approximate surface area is 224 Å². The van der Waals surface area contributed by atoms with Crippen molar-refractivity contribution >= 4 is 63.1 Å². The highest BCUT2D eigenvalue weighted by atomic mass is 79.9. The number of aromatic carboxylic acids is 1. The number of carboxylic acid groups (broad SMARTS) is 1. The van der Waals surface area contributed by atoms with Crippen LogP contribution < -0.4 is 19.7 Å². The zero-order valence-electron chi connectivity index (χ0n) is 19.2. The van der Waals surface area contributed by atoms with Gasteiger partial charge >= 0.3 is 12.0 Å². The number of nitrogens with one attached hydrogen (secondary N) is 1. The molecule has 2 N–H and O–H groups in total. The van der Waals surface area contributed by atoms with E-state index in [0.29, 0.717) is 11.1 Å². The van der Waals surface area contributed by atoms with E-state index in [2.05, 4.69) is 21.2 Å². The Bertz CT molecular complexity index is 1450. The lowest BCUT2D eigenvalue weighted by Gasteiger charge is -2.26. The van der Waals surface area contributed by atoms with Crippen LogP contribution in [0.1, 0.15) is 21.5 Å². The predicted molar refractivity (Wildman–Crippen MR) is 139 cm³/mol. The molecule has 0 atom stereocenters. The maximum Gasteiger partial charge on any atom is 0.335 e. The number of nitrogens with zero attached hydrogens (tertiary/aromatic N) is 1. The zero-order chi connectivity index (χ0) is 26.7. The van der Waals surface area contributed by atoms with Crippen molar-refractivity contribution in [3.05, 3.63) is 92.4 Å². The number of hydrogen-bond donors (Lipinski definition) is 2. The molecule has 0 aromatic heterocycles. The minimum Gasteiger partial charge on any atom is -0.493 e. The third-order valence-electron chi connectivity index (χ3n) is 5.31. The second-order valence-corrected chi connectivity index (χ2v) is 9.09. The Balaban J connectivity index is 1.62. The molecule has 4 amide bonds. The van der Waals surface area contributed by atoms with Crippen molar-refractivity contribution in [2.45, 2.75) is 6.61 Å². The molecule has 1 aliphatic rings. The van der Waals surface area contributed by atoms with Crippen LogP contribution >= 0.6 is 27.5 Å².